The summed E-state index contributed by atoms with van der Waals surface area (Å²) >= 11 is 0. The summed E-state index contributed by atoms with van der Waals surface area (Å²) in [4.78, 5) is 4.90. The van der Waals surface area contributed by atoms with Gasteiger partial charge < -0.3 is 4.74 Å². The minimum absolute atomic E-state index is 0.398. The van der Waals surface area contributed by atoms with Gasteiger partial charge in [-0.3, -0.25) is 0 Å². The van der Waals surface area contributed by atoms with E-state index in [9.17, 15) is 0 Å². The standard InChI is InChI=1S/C21H19NO/c1-2-6-14(7-3-1)20-13-17(16-8-4-5-9-19(16)22-20)18-12-15-10-11-21(18)23-15/h1-9,13,15,18,21H,10-12H2. The Bertz CT molecular complexity index is 858. The summed E-state index contributed by atoms with van der Waals surface area (Å²) in [5, 5.41) is 1.29. The number of ether oxygens (including phenoxy) is 1. The summed E-state index contributed by atoms with van der Waals surface area (Å²) in [5.74, 6) is 0.518. The van der Waals surface area contributed by atoms with Gasteiger partial charge in [0, 0.05) is 16.9 Å². The molecular weight excluding hydrogens is 282 g/mol. The number of para-hydroxylation sites is 1. The van der Waals surface area contributed by atoms with Crippen LogP contribution in [0.5, 0.6) is 0 Å². The second-order valence-corrected chi connectivity index (χ2v) is 6.70. The molecule has 2 heteroatoms. The molecule has 3 unspecified atom stereocenters. The van der Waals surface area contributed by atoms with E-state index in [2.05, 4.69) is 60.7 Å². The van der Waals surface area contributed by atoms with Crippen molar-refractivity contribution in [3.63, 3.8) is 0 Å². The molecule has 2 aromatic carbocycles. The van der Waals surface area contributed by atoms with Gasteiger partial charge in [0.2, 0.25) is 0 Å². The van der Waals surface area contributed by atoms with Crippen molar-refractivity contribution in [2.75, 3.05) is 0 Å². The van der Waals surface area contributed by atoms with Crippen molar-refractivity contribution in [2.24, 2.45) is 0 Å². The Balaban J connectivity index is 1.70. The van der Waals surface area contributed by atoms with E-state index in [1.807, 2.05) is 0 Å². The van der Waals surface area contributed by atoms with Crippen molar-refractivity contribution in [3.8, 4) is 11.3 Å². The lowest BCUT2D eigenvalue weighted by atomic mass is 9.82. The van der Waals surface area contributed by atoms with E-state index in [0.717, 1.165) is 17.6 Å². The van der Waals surface area contributed by atoms with E-state index < -0.39 is 0 Å². The fourth-order valence-corrected chi connectivity index (χ4v) is 4.23. The van der Waals surface area contributed by atoms with Crippen LogP contribution in [-0.4, -0.2) is 17.2 Å². The second-order valence-electron chi connectivity index (χ2n) is 6.70. The summed E-state index contributed by atoms with van der Waals surface area (Å²) in [6.07, 6.45) is 4.46. The summed E-state index contributed by atoms with van der Waals surface area (Å²) in [6.45, 7) is 0. The maximum atomic E-state index is 6.11. The Morgan fingerprint density at radius 1 is 0.913 bits per heavy atom. The Morgan fingerprint density at radius 3 is 2.52 bits per heavy atom. The Hall–Kier alpha value is -2.19. The first-order chi connectivity index (χ1) is 11.4. The predicted octanol–water partition coefficient (Wildman–Crippen LogP) is 4.94. The molecule has 2 aliphatic rings. The first kappa shape index (κ1) is 13.3. The van der Waals surface area contributed by atoms with E-state index >= 15 is 0 Å². The molecule has 2 fully saturated rings. The molecule has 2 bridgehead atoms. The average Bonchev–Trinajstić information content (AvgIpc) is 3.25. The lowest BCUT2D eigenvalue weighted by Crippen LogP contribution is -2.15. The minimum Gasteiger partial charge on any atom is -0.374 e. The van der Waals surface area contributed by atoms with E-state index in [1.165, 1.54) is 29.4 Å². The fourth-order valence-electron chi connectivity index (χ4n) is 4.23. The summed E-state index contributed by atoms with van der Waals surface area (Å²) in [5.41, 5.74) is 4.76. The van der Waals surface area contributed by atoms with Crippen LogP contribution in [0.1, 0.15) is 30.7 Å². The number of aromatic nitrogens is 1. The lowest BCUT2D eigenvalue weighted by Gasteiger charge is -2.21. The molecule has 2 aliphatic heterocycles. The molecule has 23 heavy (non-hydrogen) atoms. The number of fused-ring (bicyclic) bond motifs is 3. The van der Waals surface area contributed by atoms with Gasteiger partial charge in [-0.15, -0.1) is 0 Å². The molecule has 3 atom stereocenters. The number of benzene rings is 2. The summed E-state index contributed by atoms with van der Waals surface area (Å²) < 4.78 is 6.11. The molecule has 114 valence electrons. The molecule has 2 nitrogen and oxygen atoms in total. The molecule has 0 saturated carbocycles. The van der Waals surface area contributed by atoms with Crippen LogP contribution in [0.15, 0.2) is 60.7 Å². The number of hydrogen-bond acceptors (Lipinski definition) is 2. The minimum atomic E-state index is 0.398. The van der Waals surface area contributed by atoms with Gasteiger partial charge in [0.15, 0.2) is 0 Å². The van der Waals surface area contributed by atoms with Crippen molar-refractivity contribution in [1.82, 2.24) is 4.98 Å². The number of nitrogens with zero attached hydrogens (tertiary/aromatic N) is 1. The highest BCUT2D eigenvalue weighted by Crippen LogP contribution is 2.46. The van der Waals surface area contributed by atoms with E-state index in [1.54, 1.807) is 0 Å². The van der Waals surface area contributed by atoms with E-state index in [4.69, 9.17) is 9.72 Å². The van der Waals surface area contributed by atoms with Gasteiger partial charge in [-0.25, -0.2) is 4.98 Å². The van der Waals surface area contributed by atoms with Gasteiger partial charge in [0.1, 0.15) is 0 Å². The second kappa shape index (κ2) is 5.17. The summed E-state index contributed by atoms with van der Waals surface area (Å²) in [7, 11) is 0. The predicted molar refractivity (Wildman–Crippen MR) is 92.4 cm³/mol. The van der Waals surface area contributed by atoms with Crippen LogP contribution in [0.2, 0.25) is 0 Å². The van der Waals surface area contributed by atoms with Gasteiger partial charge in [0.25, 0.3) is 0 Å². The highest BCUT2D eigenvalue weighted by Gasteiger charge is 2.42. The average molecular weight is 301 g/mol. The van der Waals surface area contributed by atoms with E-state index in [0.29, 0.717) is 18.1 Å². The normalized spacial score (nSPS) is 26.0. The number of pyridine rings is 1. The Morgan fingerprint density at radius 2 is 1.74 bits per heavy atom. The lowest BCUT2D eigenvalue weighted by molar-refractivity contribution is 0.101. The molecular formula is C21H19NO. The van der Waals surface area contributed by atoms with Crippen LogP contribution >= 0.6 is 0 Å². The molecule has 0 amide bonds. The highest BCUT2D eigenvalue weighted by atomic mass is 16.5. The third-order valence-corrected chi connectivity index (χ3v) is 5.32. The van der Waals surface area contributed by atoms with Gasteiger partial charge in [0.05, 0.1) is 23.4 Å². The maximum absolute atomic E-state index is 6.11. The van der Waals surface area contributed by atoms with Gasteiger partial charge >= 0.3 is 0 Å². The Labute approximate surface area is 136 Å². The van der Waals surface area contributed by atoms with Crippen molar-refractivity contribution in [3.05, 3.63) is 66.2 Å². The largest absolute Gasteiger partial charge is 0.374 e. The molecule has 0 N–H and O–H groups in total. The molecule has 3 aromatic rings. The Kier molecular flexibility index (Phi) is 2.98. The zero-order valence-corrected chi connectivity index (χ0v) is 13.0. The van der Waals surface area contributed by atoms with E-state index in [-0.39, 0.29) is 0 Å². The van der Waals surface area contributed by atoms with Crippen LogP contribution in [0, 0.1) is 0 Å². The van der Waals surface area contributed by atoms with Crippen LogP contribution in [-0.2, 0) is 4.74 Å². The molecule has 5 rings (SSSR count). The maximum Gasteiger partial charge on any atom is 0.0712 e. The third kappa shape index (κ3) is 2.17. The van der Waals surface area contributed by atoms with Crippen molar-refractivity contribution in [1.29, 1.82) is 0 Å². The molecule has 1 aromatic heterocycles. The van der Waals surface area contributed by atoms with Crippen molar-refractivity contribution >= 4 is 10.9 Å². The van der Waals surface area contributed by atoms with Gasteiger partial charge in [-0.2, -0.15) is 0 Å². The van der Waals surface area contributed by atoms with Crippen molar-refractivity contribution < 1.29 is 4.74 Å². The number of rotatable bonds is 2. The van der Waals surface area contributed by atoms with Crippen LogP contribution in [0.25, 0.3) is 22.2 Å². The highest BCUT2D eigenvalue weighted by molar-refractivity contribution is 5.85. The molecule has 0 radical (unpaired) electrons. The van der Waals surface area contributed by atoms with Crippen LogP contribution < -0.4 is 0 Å². The topological polar surface area (TPSA) is 22.1 Å². The first-order valence-electron chi connectivity index (χ1n) is 8.49. The quantitative estimate of drug-likeness (QED) is 0.669. The fraction of sp³-hybridized carbons (Fsp3) is 0.286. The zero-order chi connectivity index (χ0) is 15.2. The number of hydrogen-bond donors (Lipinski definition) is 0. The van der Waals surface area contributed by atoms with Crippen LogP contribution in [0.4, 0.5) is 0 Å². The van der Waals surface area contributed by atoms with Gasteiger partial charge in [-0.1, -0.05) is 48.5 Å². The third-order valence-electron chi connectivity index (χ3n) is 5.32. The monoisotopic (exact) mass is 301 g/mol. The van der Waals surface area contributed by atoms with Crippen LogP contribution in [0.3, 0.4) is 0 Å². The molecule has 3 heterocycles. The summed E-state index contributed by atoms with van der Waals surface area (Å²) in [6, 6.07) is 21.3. The SMILES string of the molecule is c1ccc(-c2cc(C3CC4CCC3O4)c3ccccc3n2)cc1. The zero-order valence-electron chi connectivity index (χ0n) is 13.0. The molecule has 0 aliphatic carbocycles. The first-order valence-corrected chi connectivity index (χ1v) is 8.49. The smallest absolute Gasteiger partial charge is 0.0712 e. The van der Waals surface area contributed by atoms with Crippen molar-refractivity contribution in [2.45, 2.75) is 37.4 Å². The molecule has 2 saturated heterocycles. The van der Waals surface area contributed by atoms with Gasteiger partial charge in [-0.05, 0) is 37.0 Å². The molecule has 0 spiro atoms.